The van der Waals surface area contributed by atoms with Crippen molar-refractivity contribution in [2.45, 2.75) is 39.8 Å². The van der Waals surface area contributed by atoms with Crippen molar-refractivity contribution < 1.29 is 0 Å². The van der Waals surface area contributed by atoms with Gasteiger partial charge in [-0.1, -0.05) is 6.92 Å². The average Bonchev–Trinajstić information content (AvgIpc) is 2.97. The Kier molecular flexibility index (Phi) is 4.55. The molecule has 0 saturated heterocycles. The van der Waals surface area contributed by atoms with Crippen LogP contribution in [0.3, 0.4) is 0 Å². The van der Waals surface area contributed by atoms with Gasteiger partial charge in [-0.15, -0.1) is 11.3 Å². The van der Waals surface area contributed by atoms with E-state index < -0.39 is 0 Å². The number of aromatic nitrogens is 2. The second kappa shape index (κ2) is 6.16. The van der Waals surface area contributed by atoms with E-state index in [1.807, 2.05) is 17.5 Å². The van der Waals surface area contributed by atoms with E-state index in [-0.39, 0.29) is 0 Å². The molecule has 0 fully saturated rings. The van der Waals surface area contributed by atoms with Crippen molar-refractivity contribution in [3.05, 3.63) is 40.1 Å². The molecule has 0 spiro atoms. The predicted octanol–water partition coefficient (Wildman–Crippen LogP) is 3.17. The van der Waals surface area contributed by atoms with Crippen LogP contribution in [0.2, 0.25) is 0 Å². The normalized spacial score (nSPS) is 12.8. The Labute approximate surface area is 113 Å². The molecule has 1 unspecified atom stereocenters. The summed E-state index contributed by atoms with van der Waals surface area (Å²) in [6.07, 6.45) is 4.90. The first kappa shape index (κ1) is 13.3. The molecule has 1 N–H and O–H groups in total. The molecule has 0 aliphatic carbocycles. The van der Waals surface area contributed by atoms with Gasteiger partial charge in [0.05, 0.1) is 0 Å². The number of rotatable bonds is 6. The summed E-state index contributed by atoms with van der Waals surface area (Å²) < 4.78 is 2.21. The molecule has 0 saturated carbocycles. The summed E-state index contributed by atoms with van der Waals surface area (Å²) in [6, 6.07) is 4.80. The van der Waals surface area contributed by atoms with E-state index in [0.717, 1.165) is 25.3 Å². The van der Waals surface area contributed by atoms with Gasteiger partial charge in [-0.25, -0.2) is 4.98 Å². The first-order valence-electron chi connectivity index (χ1n) is 6.54. The zero-order chi connectivity index (χ0) is 13.0. The van der Waals surface area contributed by atoms with Crippen molar-refractivity contribution in [1.29, 1.82) is 0 Å². The van der Waals surface area contributed by atoms with Crippen LogP contribution in [0.4, 0.5) is 0 Å². The maximum atomic E-state index is 4.47. The topological polar surface area (TPSA) is 29.9 Å². The lowest BCUT2D eigenvalue weighted by Gasteiger charge is -2.16. The molecule has 0 aliphatic rings. The average molecular weight is 263 g/mol. The molecular formula is C14H21N3S. The number of imidazole rings is 1. The van der Waals surface area contributed by atoms with Gasteiger partial charge in [0.1, 0.15) is 5.82 Å². The standard InChI is InChI=1S/C14H21N3S/c1-4-15-12(13-7-6-11(3)18-13)10-14-16-8-9-17(14)5-2/h6-9,12,15H,4-5,10H2,1-3H3. The number of hydrogen-bond acceptors (Lipinski definition) is 3. The first-order chi connectivity index (χ1) is 8.74. The van der Waals surface area contributed by atoms with E-state index in [4.69, 9.17) is 0 Å². The Morgan fingerprint density at radius 3 is 2.83 bits per heavy atom. The molecule has 4 heteroatoms. The van der Waals surface area contributed by atoms with Crippen LogP contribution in [0.1, 0.15) is 35.5 Å². The van der Waals surface area contributed by atoms with Crippen LogP contribution in [0.5, 0.6) is 0 Å². The highest BCUT2D eigenvalue weighted by molar-refractivity contribution is 7.12. The molecule has 0 amide bonds. The lowest BCUT2D eigenvalue weighted by atomic mass is 10.1. The van der Waals surface area contributed by atoms with E-state index in [9.17, 15) is 0 Å². The van der Waals surface area contributed by atoms with Gasteiger partial charge < -0.3 is 9.88 Å². The minimum atomic E-state index is 0.376. The highest BCUT2D eigenvalue weighted by atomic mass is 32.1. The summed E-state index contributed by atoms with van der Waals surface area (Å²) in [7, 11) is 0. The molecule has 98 valence electrons. The zero-order valence-electron chi connectivity index (χ0n) is 11.3. The van der Waals surface area contributed by atoms with E-state index in [0.29, 0.717) is 6.04 Å². The van der Waals surface area contributed by atoms with Gasteiger partial charge in [-0.2, -0.15) is 0 Å². The number of nitrogens with zero attached hydrogens (tertiary/aromatic N) is 2. The number of aryl methyl sites for hydroxylation is 2. The Morgan fingerprint density at radius 1 is 1.39 bits per heavy atom. The van der Waals surface area contributed by atoms with Crippen molar-refractivity contribution in [1.82, 2.24) is 14.9 Å². The van der Waals surface area contributed by atoms with Gasteiger partial charge in [-0.3, -0.25) is 0 Å². The third kappa shape index (κ3) is 3.00. The third-order valence-corrected chi connectivity index (χ3v) is 4.20. The van der Waals surface area contributed by atoms with Crippen molar-refractivity contribution in [2.24, 2.45) is 0 Å². The van der Waals surface area contributed by atoms with Gasteiger partial charge in [0, 0.05) is 41.2 Å². The lowest BCUT2D eigenvalue weighted by Crippen LogP contribution is -2.23. The van der Waals surface area contributed by atoms with E-state index in [1.165, 1.54) is 9.75 Å². The number of thiophene rings is 1. The van der Waals surface area contributed by atoms with Gasteiger partial charge >= 0.3 is 0 Å². The van der Waals surface area contributed by atoms with Crippen molar-refractivity contribution in [2.75, 3.05) is 6.54 Å². The fourth-order valence-electron chi connectivity index (χ4n) is 2.16. The molecular weight excluding hydrogens is 242 g/mol. The largest absolute Gasteiger partial charge is 0.335 e. The van der Waals surface area contributed by atoms with Crippen molar-refractivity contribution in [3.8, 4) is 0 Å². The van der Waals surface area contributed by atoms with E-state index >= 15 is 0 Å². The fourth-order valence-corrected chi connectivity index (χ4v) is 3.11. The Balaban J connectivity index is 2.16. The summed E-state index contributed by atoms with van der Waals surface area (Å²) >= 11 is 1.87. The SMILES string of the molecule is CCNC(Cc1nccn1CC)c1ccc(C)s1. The highest BCUT2D eigenvalue weighted by Crippen LogP contribution is 2.25. The van der Waals surface area contributed by atoms with Crippen LogP contribution in [0.15, 0.2) is 24.5 Å². The number of nitrogens with one attached hydrogen (secondary N) is 1. The molecule has 0 aromatic carbocycles. The monoisotopic (exact) mass is 263 g/mol. The maximum absolute atomic E-state index is 4.47. The zero-order valence-corrected chi connectivity index (χ0v) is 12.1. The summed E-state index contributed by atoms with van der Waals surface area (Å²) in [6.45, 7) is 8.43. The van der Waals surface area contributed by atoms with Gasteiger partial charge in [0.15, 0.2) is 0 Å². The summed E-state index contributed by atoms with van der Waals surface area (Å²) in [5.41, 5.74) is 0. The van der Waals surface area contributed by atoms with Crippen LogP contribution in [-0.2, 0) is 13.0 Å². The van der Waals surface area contributed by atoms with Gasteiger partial charge in [0.25, 0.3) is 0 Å². The van der Waals surface area contributed by atoms with Crippen molar-refractivity contribution >= 4 is 11.3 Å². The van der Waals surface area contributed by atoms with Gasteiger partial charge in [0.2, 0.25) is 0 Å². The number of likely N-dealkylation sites (N-methyl/N-ethyl adjacent to an activating group) is 1. The molecule has 2 aromatic rings. The lowest BCUT2D eigenvalue weighted by molar-refractivity contribution is 0.529. The Morgan fingerprint density at radius 2 is 2.22 bits per heavy atom. The predicted molar refractivity (Wildman–Crippen MR) is 77.1 cm³/mol. The molecule has 0 bridgehead atoms. The smallest absolute Gasteiger partial charge is 0.110 e. The van der Waals surface area contributed by atoms with Crippen LogP contribution in [-0.4, -0.2) is 16.1 Å². The van der Waals surface area contributed by atoms with Crippen LogP contribution in [0.25, 0.3) is 0 Å². The number of hydrogen-bond donors (Lipinski definition) is 1. The van der Waals surface area contributed by atoms with Gasteiger partial charge in [-0.05, 0) is 32.5 Å². The molecule has 0 aliphatic heterocycles. The second-order valence-corrected chi connectivity index (χ2v) is 5.71. The summed E-state index contributed by atoms with van der Waals surface area (Å²) in [5, 5.41) is 3.56. The van der Waals surface area contributed by atoms with Crippen molar-refractivity contribution in [3.63, 3.8) is 0 Å². The van der Waals surface area contributed by atoms with Crippen LogP contribution >= 0.6 is 11.3 Å². The second-order valence-electron chi connectivity index (χ2n) is 4.39. The molecule has 18 heavy (non-hydrogen) atoms. The summed E-state index contributed by atoms with van der Waals surface area (Å²) in [4.78, 5) is 7.24. The fraction of sp³-hybridized carbons (Fsp3) is 0.500. The minimum Gasteiger partial charge on any atom is -0.335 e. The molecule has 2 heterocycles. The summed E-state index contributed by atoms with van der Waals surface area (Å²) in [5.74, 6) is 1.16. The maximum Gasteiger partial charge on any atom is 0.110 e. The van der Waals surface area contributed by atoms with E-state index in [1.54, 1.807) is 0 Å². The molecule has 3 nitrogen and oxygen atoms in total. The molecule has 1 atom stereocenters. The quantitative estimate of drug-likeness (QED) is 0.867. The molecule has 0 radical (unpaired) electrons. The third-order valence-electron chi connectivity index (χ3n) is 3.08. The Bertz CT molecular complexity index is 487. The highest BCUT2D eigenvalue weighted by Gasteiger charge is 2.15. The molecule has 2 rings (SSSR count). The first-order valence-corrected chi connectivity index (χ1v) is 7.36. The molecule has 2 aromatic heterocycles. The van der Waals surface area contributed by atoms with Crippen LogP contribution in [0, 0.1) is 6.92 Å². The Hall–Kier alpha value is -1.13. The minimum absolute atomic E-state index is 0.376. The van der Waals surface area contributed by atoms with E-state index in [2.05, 4.69) is 54.0 Å². The van der Waals surface area contributed by atoms with Crippen LogP contribution < -0.4 is 5.32 Å².